The van der Waals surface area contributed by atoms with E-state index in [1.54, 1.807) is 6.92 Å². The Balaban J connectivity index is 3.31. The lowest BCUT2D eigenvalue weighted by atomic mass is 9.88. The van der Waals surface area contributed by atoms with Crippen molar-refractivity contribution < 1.29 is 18.1 Å². The molecule has 4 nitrogen and oxygen atoms in total. The summed E-state index contributed by atoms with van der Waals surface area (Å²) in [6.45, 7) is 6.13. The number of halogens is 3. The number of hydrogen-bond acceptors (Lipinski definition) is 3. The number of non-ortho nitro benzene ring substituents is 1. The number of benzene rings is 1. The zero-order chi connectivity index (χ0) is 16.2. The van der Waals surface area contributed by atoms with Crippen molar-refractivity contribution in [1.29, 1.82) is 0 Å². The van der Waals surface area contributed by atoms with Crippen LogP contribution in [0.2, 0.25) is 0 Å². The fourth-order valence-electron chi connectivity index (χ4n) is 2.45. The summed E-state index contributed by atoms with van der Waals surface area (Å²) in [5.41, 5.74) is -1.39. The second kappa shape index (κ2) is 6.89. The standard InChI is InChI=1S/C14H19F3N2O2/c1-4-13(18-5-2)9(3)11-7-6-10(19(20)21)8-12(11)14(15,16)17/h6-9,13,18H,4-5H2,1-3H3. The van der Waals surface area contributed by atoms with Gasteiger partial charge in [0.25, 0.3) is 5.69 Å². The minimum absolute atomic E-state index is 0.0842. The van der Waals surface area contributed by atoms with Crippen LogP contribution < -0.4 is 5.32 Å². The lowest BCUT2D eigenvalue weighted by Gasteiger charge is -2.26. The number of alkyl halides is 3. The first kappa shape index (κ1) is 17.4. The first-order valence-corrected chi connectivity index (χ1v) is 6.81. The van der Waals surface area contributed by atoms with Crippen molar-refractivity contribution in [3.63, 3.8) is 0 Å². The van der Waals surface area contributed by atoms with E-state index < -0.39 is 28.3 Å². The van der Waals surface area contributed by atoms with Crippen molar-refractivity contribution in [2.75, 3.05) is 6.54 Å². The summed E-state index contributed by atoms with van der Waals surface area (Å²) in [4.78, 5) is 9.87. The van der Waals surface area contributed by atoms with Crippen molar-refractivity contribution >= 4 is 5.69 Å². The lowest BCUT2D eigenvalue weighted by Crippen LogP contribution is -2.33. The number of likely N-dealkylation sites (N-methyl/N-ethyl adjacent to an activating group) is 1. The monoisotopic (exact) mass is 304 g/mol. The molecule has 2 atom stereocenters. The number of hydrogen-bond donors (Lipinski definition) is 1. The zero-order valence-corrected chi connectivity index (χ0v) is 12.2. The fourth-order valence-corrected chi connectivity index (χ4v) is 2.45. The first-order valence-electron chi connectivity index (χ1n) is 6.81. The van der Waals surface area contributed by atoms with Crippen molar-refractivity contribution in [3.8, 4) is 0 Å². The Morgan fingerprint density at radius 3 is 2.38 bits per heavy atom. The molecule has 0 bridgehead atoms. The van der Waals surface area contributed by atoms with Crippen molar-refractivity contribution in [3.05, 3.63) is 39.4 Å². The van der Waals surface area contributed by atoms with E-state index in [4.69, 9.17) is 0 Å². The molecular weight excluding hydrogens is 285 g/mol. The van der Waals surface area contributed by atoms with E-state index in [1.807, 2.05) is 13.8 Å². The van der Waals surface area contributed by atoms with Gasteiger partial charge in [-0.25, -0.2) is 0 Å². The highest BCUT2D eigenvalue weighted by atomic mass is 19.4. The van der Waals surface area contributed by atoms with Crippen molar-refractivity contribution in [2.24, 2.45) is 0 Å². The Bertz CT molecular complexity index is 503. The largest absolute Gasteiger partial charge is 0.416 e. The molecule has 0 aliphatic rings. The molecule has 1 rings (SSSR count). The molecule has 0 radical (unpaired) electrons. The molecule has 0 saturated heterocycles. The Hall–Kier alpha value is -1.63. The van der Waals surface area contributed by atoms with Crippen LogP contribution in [-0.4, -0.2) is 17.5 Å². The second-order valence-corrected chi connectivity index (χ2v) is 4.89. The van der Waals surface area contributed by atoms with Gasteiger partial charge in [0, 0.05) is 18.2 Å². The van der Waals surface area contributed by atoms with E-state index in [-0.39, 0.29) is 11.6 Å². The van der Waals surface area contributed by atoms with Gasteiger partial charge in [-0.2, -0.15) is 13.2 Å². The van der Waals surface area contributed by atoms with Gasteiger partial charge in [0.05, 0.1) is 10.5 Å². The molecule has 0 aliphatic carbocycles. The molecule has 21 heavy (non-hydrogen) atoms. The Labute approximate surface area is 121 Å². The van der Waals surface area contributed by atoms with Crippen LogP contribution in [0.3, 0.4) is 0 Å². The molecule has 1 aromatic carbocycles. The Kier molecular flexibility index (Phi) is 5.71. The number of nitro groups is 1. The van der Waals surface area contributed by atoms with Crippen LogP contribution in [0.5, 0.6) is 0 Å². The van der Waals surface area contributed by atoms with Gasteiger partial charge in [0.2, 0.25) is 0 Å². The zero-order valence-electron chi connectivity index (χ0n) is 12.2. The third-order valence-electron chi connectivity index (χ3n) is 3.55. The maximum absolute atomic E-state index is 13.2. The number of nitrogens with zero attached hydrogens (tertiary/aromatic N) is 1. The summed E-state index contributed by atoms with van der Waals surface area (Å²) in [7, 11) is 0. The van der Waals surface area contributed by atoms with Crippen LogP contribution in [0.1, 0.15) is 44.2 Å². The molecule has 0 saturated carbocycles. The molecule has 0 aromatic heterocycles. The van der Waals surface area contributed by atoms with E-state index >= 15 is 0 Å². The highest BCUT2D eigenvalue weighted by Gasteiger charge is 2.37. The summed E-state index contributed by atoms with van der Waals surface area (Å²) in [6.07, 6.45) is -3.94. The average Bonchev–Trinajstić information content (AvgIpc) is 2.42. The predicted molar refractivity (Wildman–Crippen MR) is 74.3 cm³/mol. The molecule has 0 spiro atoms. The molecule has 0 aliphatic heterocycles. The maximum atomic E-state index is 13.2. The SMILES string of the molecule is CCNC(CC)C(C)c1ccc([N+](=O)[O-])cc1C(F)(F)F. The van der Waals surface area contributed by atoms with Gasteiger partial charge in [-0.05, 0) is 24.4 Å². The third kappa shape index (κ3) is 4.17. The minimum Gasteiger partial charge on any atom is -0.314 e. The van der Waals surface area contributed by atoms with Crippen LogP contribution in [-0.2, 0) is 6.18 Å². The molecule has 1 aromatic rings. The summed E-state index contributed by atoms with van der Waals surface area (Å²) < 4.78 is 39.5. The van der Waals surface area contributed by atoms with Gasteiger partial charge in [0.1, 0.15) is 0 Å². The summed E-state index contributed by atoms with van der Waals surface area (Å²) in [6, 6.07) is 2.84. The number of rotatable bonds is 6. The molecule has 0 fully saturated rings. The highest BCUT2D eigenvalue weighted by Crippen LogP contribution is 2.38. The molecule has 0 amide bonds. The molecule has 1 N–H and O–H groups in total. The van der Waals surface area contributed by atoms with Crippen LogP contribution in [0.25, 0.3) is 0 Å². The molecule has 118 valence electrons. The normalized spacial score (nSPS) is 14.8. The van der Waals surface area contributed by atoms with Gasteiger partial charge in [-0.3, -0.25) is 10.1 Å². The van der Waals surface area contributed by atoms with Gasteiger partial charge >= 0.3 is 6.18 Å². The van der Waals surface area contributed by atoms with E-state index in [0.29, 0.717) is 19.0 Å². The molecule has 7 heteroatoms. The Morgan fingerprint density at radius 1 is 1.33 bits per heavy atom. The molecular formula is C14H19F3N2O2. The van der Waals surface area contributed by atoms with Crippen LogP contribution in [0, 0.1) is 10.1 Å². The Morgan fingerprint density at radius 2 is 1.95 bits per heavy atom. The van der Waals surface area contributed by atoms with E-state index in [2.05, 4.69) is 5.32 Å². The van der Waals surface area contributed by atoms with E-state index in [0.717, 1.165) is 6.07 Å². The van der Waals surface area contributed by atoms with E-state index in [1.165, 1.54) is 6.07 Å². The topological polar surface area (TPSA) is 55.2 Å². The predicted octanol–water partition coefficient (Wildman–Crippen LogP) is 4.11. The maximum Gasteiger partial charge on any atom is 0.416 e. The van der Waals surface area contributed by atoms with Crippen LogP contribution in [0.4, 0.5) is 18.9 Å². The van der Waals surface area contributed by atoms with Gasteiger partial charge in [-0.15, -0.1) is 0 Å². The van der Waals surface area contributed by atoms with Crippen molar-refractivity contribution in [1.82, 2.24) is 5.32 Å². The molecule has 0 heterocycles. The highest BCUT2D eigenvalue weighted by molar-refractivity contribution is 5.43. The van der Waals surface area contributed by atoms with Crippen molar-refractivity contribution in [2.45, 2.75) is 45.3 Å². The van der Waals surface area contributed by atoms with Gasteiger partial charge in [-0.1, -0.05) is 26.8 Å². The van der Waals surface area contributed by atoms with Crippen LogP contribution in [0.15, 0.2) is 18.2 Å². The van der Waals surface area contributed by atoms with Gasteiger partial charge < -0.3 is 5.32 Å². The first-order chi connectivity index (χ1) is 9.72. The fraction of sp³-hybridized carbons (Fsp3) is 0.571. The number of nitro benzene ring substituents is 1. The summed E-state index contributed by atoms with van der Waals surface area (Å²) in [5.74, 6) is -0.396. The summed E-state index contributed by atoms with van der Waals surface area (Å²) in [5, 5.41) is 13.8. The van der Waals surface area contributed by atoms with E-state index in [9.17, 15) is 23.3 Å². The second-order valence-electron chi connectivity index (χ2n) is 4.89. The third-order valence-corrected chi connectivity index (χ3v) is 3.55. The average molecular weight is 304 g/mol. The minimum atomic E-state index is -4.61. The lowest BCUT2D eigenvalue weighted by molar-refractivity contribution is -0.385. The van der Waals surface area contributed by atoms with Gasteiger partial charge in [0.15, 0.2) is 0 Å². The summed E-state index contributed by atoms with van der Waals surface area (Å²) >= 11 is 0. The van der Waals surface area contributed by atoms with Crippen LogP contribution >= 0.6 is 0 Å². The molecule has 2 unspecified atom stereocenters. The smallest absolute Gasteiger partial charge is 0.314 e. The quantitative estimate of drug-likeness (QED) is 0.635. The number of nitrogens with one attached hydrogen (secondary N) is 1.